The van der Waals surface area contributed by atoms with Crippen molar-refractivity contribution in [2.75, 3.05) is 27.1 Å². The Kier molecular flexibility index (Phi) is 13.9. The van der Waals surface area contributed by atoms with E-state index in [4.69, 9.17) is 28.4 Å². The fraction of sp³-hybridized carbons (Fsp3) is 0.467. The Balaban J connectivity index is 1.96. The average Bonchev–Trinajstić information content (AvgIpc) is 3.21. The Labute approximate surface area is 240 Å². The van der Waals surface area contributed by atoms with Gasteiger partial charge in [-0.1, -0.05) is 18.7 Å². The Hall–Kier alpha value is -3.80. The number of aromatic nitrogens is 2. The van der Waals surface area contributed by atoms with E-state index in [1.807, 2.05) is 36.7 Å². The molecule has 0 bridgehead atoms. The SMILES string of the molecule is C=CC[C@@H](OC(=O)C[C@H](C)OC(=O)/C=C/[C@@H](OCOCCOC)[C@H](C)OC(=O)C=C)c1ccc2c(c1)nc(C)n2C. The van der Waals surface area contributed by atoms with Crippen LogP contribution in [0.15, 0.2) is 55.7 Å². The molecule has 0 aliphatic heterocycles. The maximum Gasteiger partial charge on any atom is 0.330 e. The highest BCUT2D eigenvalue weighted by molar-refractivity contribution is 5.83. The minimum Gasteiger partial charge on any atom is -0.459 e. The Morgan fingerprint density at radius 3 is 2.51 bits per heavy atom. The second-order valence-electron chi connectivity index (χ2n) is 9.28. The molecule has 0 N–H and O–H groups in total. The van der Waals surface area contributed by atoms with E-state index in [1.54, 1.807) is 27.0 Å². The van der Waals surface area contributed by atoms with Crippen LogP contribution in [0.1, 0.15) is 44.2 Å². The minimum atomic E-state index is -0.811. The normalized spacial score (nSPS) is 14.3. The number of fused-ring (bicyclic) bond motifs is 1. The molecule has 0 unspecified atom stereocenters. The molecule has 0 aliphatic carbocycles. The van der Waals surface area contributed by atoms with Gasteiger partial charge in [0.25, 0.3) is 0 Å². The number of imidazole rings is 1. The topological polar surface area (TPSA) is 124 Å². The Bertz CT molecular complexity index is 1220. The van der Waals surface area contributed by atoms with E-state index >= 15 is 0 Å². The summed E-state index contributed by atoms with van der Waals surface area (Å²) < 4.78 is 34.0. The number of benzene rings is 1. The summed E-state index contributed by atoms with van der Waals surface area (Å²) in [5.41, 5.74) is 2.57. The van der Waals surface area contributed by atoms with E-state index in [2.05, 4.69) is 18.1 Å². The molecule has 11 heteroatoms. The zero-order chi connectivity index (χ0) is 30.4. The monoisotopic (exact) mass is 572 g/mol. The second kappa shape index (κ2) is 17.1. The van der Waals surface area contributed by atoms with Crippen molar-refractivity contribution in [3.05, 3.63) is 67.0 Å². The van der Waals surface area contributed by atoms with Crippen molar-refractivity contribution >= 4 is 28.9 Å². The molecule has 0 fully saturated rings. The number of methoxy groups -OCH3 is 1. The molecule has 41 heavy (non-hydrogen) atoms. The minimum absolute atomic E-state index is 0.121. The molecule has 0 aliphatic rings. The van der Waals surface area contributed by atoms with Crippen molar-refractivity contribution in [3.8, 4) is 0 Å². The molecule has 0 saturated carbocycles. The average molecular weight is 573 g/mol. The summed E-state index contributed by atoms with van der Waals surface area (Å²) in [6.45, 7) is 12.8. The van der Waals surface area contributed by atoms with Crippen molar-refractivity contribution in [2.45, 2.75) is 58.0 Å². The van der Waals surface area contributed by atoms with Crippen LogP contribution in [0.2, 0.25) is 0 Å². The first-order chi connectivity index (χ1) is 19.6. The summed E-state index contributed by atoms with van der Waals surface area (Å²) in [4.78, 5) is 41.3. The molecular weight excluding hydrogens is 532 g/mol. The van der Waals surface area contributed by atoms with Crippen LogP contribution in [-0.4, -0.2) is 72.9 Å². The van der Waals surface area contributed by atoms with Gasteiger partial charge in [-0.2, -0.15) is 0 Å². The highest BCUT2D eigenvalue weighted by atomic mass is 16.7. The van der Waals surface area contributed by atoms with Gasteiger partial charge in [0.1, 0.15) is 37.0 Å². The zero-order valence-electron chi connectivity index (χ0n) is 24.4. The van der Waals surface area contributed by atoms with Gasteiger partial charge in [0.05, 0.1) is 30.7 Å². The predicted molar refractivity (Wildman–Crippen MR) is 152 cm³/mol. The predicted octanol–water partition coefficient (Wildman–Crippen LogP) is 4.04. The van der Waals surface area contributed by atoms with Gasteiger partial charge in [-0.05, 0) is 44.5 Å². The second-order valence-corrected chi connectivity index (χ2v) is 9.28. The van der Waals surface area contributed by atoms with E-state index in [-0.39, 0.29) is 13.2 Å². The summed E-state index contributed by atoms with van der Waals surface area (Å²) in [5.74, 6) is -1.00. The number of nitrogens with zero attached hydrogens (tertiary/aromatic N) is 2. The first-order valence-electron chi connectivity index (χ1n) is 13.2. The number of rotatable bonds is 18. The zero-order valence-corrected chi connectivity index (χ0v) is 24.4. The number of aryl methyl sites for hydroxylation is 2. The maximum absolute atomic E-state index is 12.7. The van der Waals surface area contributed by atoms with E-state index < -0.39 is 42.3 Å². The van der Waals surface area contributed by atoms with E-state index in [0.717, 1.165) is 34.6 Å². The molecule has 0 spiro atoms. The van der Waals surface area contributed by atoms with Crippen molar-refractivity contribution in [1.29, 1.82) is 0 Å². The van der Waals surface area contributed by atoms with Gasteiger partial charge >= 0.3 is 17.9 Å². The third-order valence-corrected chi connectivity index (χ3v) is 6.06. The lowest BCUT2D eigenvalue weighted by Crippen LogP contribution is -2.30. The van der Waals surface area contributed by atoms with Crippen molar-refractivity contribution in [1.82, 2.24) is 9.55 Å². The van der Waals surface area contributed by atoms with Crippen LogP contribution in [-0.2, 0) is 49.9 Å². The standard InChI is InChI=1S/C30H40N2O9/c1-8-10-27(23-11-12-25-24(18-23)31-22(5)32(25)6)41-30(35)17-20(3)39-29(34)14-13-26(21(4)40-28(33)9-2)38-19-37-16-15-36-7/h8-9,11-14,18,20-21,26-27H,1-2,10,15-17,19H2,3-7H3/b14-13+/t20-,21-,26+,27+/m0/s1. The molecule has 0 saturated heterocycles. The van der Waals surface area contributed by atoms with Gasteiger partial charge in [-0.15, -0.1) is 6.58 Å². The number of hydrogen-bond acceptors (Lipinski definition) is 10. The van der Waals surface area contributed by atoms with Gasteiger partial charge in [0.2, 0.25) is 0 Å². The van der Waals surface area contributed by atoms with E-state index in [9.17, 15) is 14.4 Å². The van der Waals surface area contributed by atoms with Crippen LogP contribution in [0.5, 0.6) is 0 Å². The number of ether oxygens (including phenoxy) is 6. The van der Waals surface area contributed by atoms with Gasteiger partial charge in [0, 0.05) is 32.7 Å². The summed E-state index contributed by atoms with van der Waals surface area (Å²) in [5, 5.41) is 0. The molecule has 2 rings (SSSR count). The number of carbonyl (C=O) groups is 3. The van der Waals surface area contributed by atoms with Crippen molar-refractivity contribution < 1.29 is 42.8 Å². The Morgan fingerprint density at radius 1 is 1.07 bits per heavy atom. The first-order valence-corrected chi connectivity index (χ1v) is 13.2. The fourth-order valence-electron chi connectivity index (χ4n) is 3.81. The van der Waals surface area contributed by atoms with E-state index in [0.29, 0.717) is 19.6 Å². The lowest BCUT2D eigenvalue weighted by molar-refractivity contribution is -0.155. The third kappa shape index (κ3) is 10.9. The van der Waals surface area contributed by atoms with Crippen LogP contribution in [0.3, 0.4) is 0 Å². The third-order valence-electron chi connectivity index (χ3n) is 6.06. The molecule has 1 aromatic carbocycles. The summed E-state index contributed by atoms with van der Waals surface area (Å²) in [7, 11) is 3.48. The molecule has 0 amide bonds. The van der Waals surface area contributed by atoms with Gasteiger partial charge in [-0.25, -0.2) is 14.6 Å². The molecule has 1 heterocycles. The van der Waals surface area contributed by atoms with Gasteiger partial charge in [0.15, 0.2) is 0 Å². The molecule has 1 aromatic heterocycles. The number of carbonyl (C=O) groups excluding carboxylic acids is 3. The van der Waals surface area contributed by atoms with E-state index in [1.165, 1.54) is 6.08 Å². The number of hydrogen-bond donors (Lipinski definition) is 0. The highest BCUT2D eigenvalue weighted by Gasteiger charge is 2.22. The molecule has 0 radical (unpaired) electrons. The maximum atomic E-state index is 12.7. The quantitative estimate of drug-likeness (QED) is 0.0645. The lowest BCUT2D eigenvalue weighted by atomic mass is 10.1. The molecule has 2 aromatic rings. The summed E-state index contributed by atoms with van der Waals surface area (Å²) in [6, 6.07) is 5.73. The molecule has 224 valence electrons. The Morgan fingerprint density at radius 2 is 1.83 bits per heavy atom. The van der Waals surface area contributed by atoms with Gasteiger partial charge < -0.3 is 33.0 Å². The summed E-state index contributed by atoms with van der Waals surface area (Å²) in [6.07, 6.45) is 2.61. The lowest BCUT2D eigenvalue weighted by Gasteiger charge is -2.21. The number of esters is 3. The highest BCUT2D eigenvalue weighted by Crippen LogP contribution is 2.26. The van der Waals surface area contributed by atoms with Crippen LogP contribution in [0, 0.1) is 6.92 Å². The summed E-state index contributed by atoms with van der Waals surface area (Å²) >= 11 is 0. The largest absolute Gasteiger partial charge is 0.459 e. The van der Waals surface area contributed by atoms with Gasteiger partial charge in [-0.3, -0.25) is 4.79 Å². The molecular formula is C30H40N2O9. The first kappa shape index (κ1) is 33.4. The van der Waals surface area contributed by atoms with Crippen molar-refractivity contribution in [3.63, 3.8) is 0 Å². The van der Waals surface area contributed by atoms with Crippen LogP contribution < -0.4 is 0 Å². The van der Waals surface area contributed by atoms with Crippen molar-refractivity contribution in [2.24, 2.45) is 7.05 Å². The molecule has 11 nitrogen and oxygen atoms in total. The van der Waals surface area contributed by atoms with Crippen LogP contribution in [0.25, 0.3) is 11.0 Å². The van der Waals surface area contributed by atoms with Crippen LogP contribution >= 0.6 is 0 Å². The smallest absolute Gasteiger partial charge is 0.330 e. The fourth-order valence-corrected chi connectivity index (χ4v) is 3.81. The molecule has 4 atom stereocenters. The van der Waals surface area contributed by atoms with Crippen LogP contribution in [0.4, 0.5) is 0 Å².